The van der Waals surface area contributed by atoms with E-state index in [1.807, 2.05) is 30.3 Å². The van der Waals surface area contributed by atoms with Crippen molar-refractivity contribution in [2.24, 2.45) is 11.8 Å². The Labute approximate surface area is 160 Å². The maximum absolute atomic E-state index is 12.5. The molecule has 1 aliphatic carbocycles. The summed E-state index contributed by atoms with van der Waals surface area (Å²) in [5, 5.41) is 2.94. The third kappa shape index (κ3) is 3.09. The van der Waals surface area contributed by atoms with Crippen molar-refractivity contribution in [3.63, 3.8) is 0 Å². The molecule has 0 unspecified atom stereocenters. The molecule has 5 rings (SSSR count). The van der Waals surface area contributed by atoms with Crippen LogP contribution in [0, 0.1) is 11.8 Å². The predicted octanol–water partition coefficient (Wildman–Crippen LogP) is 3.45. The Morgan fingerprint density at radius 2 is 1.81 bits per heavy atom. The minimum absolute atomic E-state index is 0.0652. The third-order valence-electron chi connectivity index (χ3n) is 6.48. The molecule has 27 heavy (non-hydrogen) atoms. The molecule has 2 aliphatic heterocycles. The minimum atomic E-state index is -0.0652. The van der Waals surface area contributed by atoms with Crippen LogP contribution in [-0.2, 0) is 6.42 Å². The first kappa shape index (κ1) is 16.7. The van der Waals surface area contributed by atoms with Crippen molar-refractivity contribution < 1.29 is 4.79 Å². The first-order valence-corrected chi connectivity index (χ1v) is 10.3. The molecular formula is C22H26N4O. The van der Waals surface area contributed by atoms with Gasteiger partial charge in [-0.2, -0.15) is 0 Å². The predicted molar refractivity (Wildman–Crippen MR) is 106 cm³/mol. The van der Waals surface area contributed by atoms with Crippen molar-refractivity contribution in [1.29, 1.82) is 0 Å². The summed E-state index contributed by atoms with van der Waals surface area (Å²) >= 11 is 0. The van der Waals surface area contributed by atoms with Gasteiger partial charge in [0, 0.05) is 30.8 Å². The number of nitrogens with one attached hydrogen (secondary N) is 1. The van der Waals surface area contributed by atoms with Crippen LogP contribution >= 0.6 is 0 Å². The van der Waals surface area contributed by atoms with E-state index in [1.165, 1.54) is 32.1 Å². The Kier molecular flexibility index (Phi) is 4.30. The number of benzene rings is 1. The molecule has 0 spiro atoms. The molecule has 5 heteroatoms. The van der Waals surface area contributed by atoms with Gasteiger partial charge in [-0.1, -0.05) is 49.6 Å². The molecule has 1 saturated carbocycles. The number of fused-ring (bicyclic) bond motifs is 2. The van der Waals surface area contributed by atoms with Gasteiger partial charge < -0.3 is 10.2 Å². The molecular weight excluding hydrogens is 336 g/mol. The van der Waals surface area contributed by atoms with E-state index in [0.717, 1.165) is 48.3 Å². The lowest BCUT2D eigenvalue weighted by atomic mass is 9.75. The van der Waals surface area contributed by atoms with E-state index in [2.05, 4.69) is 15.2 Å². The highest BCUT2D eigenvalue weighted by atomic mass is 16.1. The van der Waals surface area contributed by atoms with Crippen LogP contribution in [0.2, 0.25) is 0 Å². The zero-order chi connectivity index (χ0) is 18.2. The van der Waals surface area contributed by atoms with Gasteiger partial charge in [0.05, 0.1) is 0 Å². The highest BCUT2D eigenvalue weighted by Crippen LogP contribution is 2.38. The zero-order valence-electron chi connectivity index (χ0n) is 15.7. The molecule has 140 valence electrons. The van der Waals surface area contributed by atoms with E-state index in [0.29, 0.717) is 18.1 Å². The number of carbonyl (C=O) groups is 1. The summed E-state index contributed by atoms with van der Waals surface area (Å²) in [5.41, 5.74) is 2.57. The van der Waals surface area contributed by atoms with Gasteiger partial charge in [0.25, 0.3) is 5.91 Å². The number of carbonyl (C=O) groups excluding carboxylic acids is 1. The molecule has 3 heterocycles. The molecule has 0 radical (unpaired) electrons. The van der Waals surface area contributed by atoms with Gasteiger partial charge in [0.15, 0.2) is 5.82 Å². The van der Waals surface area contributed by atoms with E-state index in [-0.39, 0.29) is 5.91 Å². The number of amides is 1. The highest BCUT2D eigenvalue weighted by molar-refractivity contribution is 5.96. The Morgan fingerprint density at radius 1 is 1.00 bits per heavy atom. The van der Waals surface area contributed by atoms with Gasteiger partial charge >= 0.3 is 0 Å². The van der Waals surface area contributed by atoms with Crippen LogP contribution in [-0.4, -0.2) is 35.5 Å². The molecule has 0 bridgehead atoms. The molecule has 1 amide bonds. The van der Waals surface area contributed by atoms with Crippen molar-refractivity contribution >= 4 is 11.7 Å². The number of rotatable bonds is 2. The Bertz CT molecular complexity index is 851. The molecule has 1 aromatic carbocycles. The maximum atomic E-state index is 12.5. The molecule has 3 aliphatic rings. The molecule has 1 saturated heterocycles. The zero-order valence-corrected chi connectivity index (χ0v) is 15.7. The summed E-state index contributed by atoms with van der Waals surface area (Å²) in [5.74, 6) is 3.25. The van der Waals surface area contributed by atoms with Crippen LogP contribution in [0.3, 0.4) is 0 Å². The summed E-state index contributed by atoms with van der Waals surface area (Å²) in [6, 6.07) is 10.00. The van der Waals surface area contributed by atoms with Gasteiger partial charge in [0.1, 0.15) is 11.5 Å². The number of aromatic nitrogens is 2. The van der Waals surface area contributed by atoms with Gasteiger partial charge in [-0.3, -0.25) is 4.79 Å². The normalized spacial score (nSPS) is 24.7. The lowest BCUT2D eigenvalue weighted by molar-refractivity contribution is 0.0940. The lowest BCUT2D eigenvalue weighted by Gasteiger charge is -2.42. The van der Waals surface area contributed by atoms with Crippen molar-refractivity contribution in [3.05, 3.63) is 41.6 Å². The molecule has 2 aromatic rings. The molecule has 1 N–H and O–H groups in total. The van der Waals surface area contributed by atoms with E-state index >= 15 is 0 Å². The van der Waals surface area contributed by atoms with E-state index < -0.39 is 0 Å². The van der Waals surface area contributed by atoms with Crippen LogP contribution < -0.4 is 10.2 Å². The Hall–Kier alpha value is -2.43. The van der Waals surface area contributed by atoms with Gasteiger partial charge in [-0.15, -0.1) is 0 Å². The van der Waals surface area contributed by atoms with Crippen LogP contribution in [0.5, 0.6) is 0 Å². The first-order valence-electron chi connectivity index (χ1n) is 10.3. The summed E-state index contributed by atoms with van der Waals surface area (Å²) in [4.78, 5) is 24.6. The maximum Gasteiger partial charge on any atom is 0.270 e. The average molecular weight is 362 g/mol. The summed E-state index contributed by atoms with van der Waals surface area (Å²) in [6.45, 7) is 2.79. The second-order valence-electron chi connectivity index (χ2n) is 8.11. The number of piperidine rings is 1. The number of hydrogen-bond donors (Lipinski definition) is 1. The second kappa shape index (κ2) is 6.95. The van der Waals surface area contributed by atoms with Crippen molar-refractivity contribution in [2.75, 3.05) is 24.5 Å². The minimum Gasteiger partial charge on any atom is -0.356 e. The fourth-order valence-electron chi connectivity index (χ4n) is 5.05. The lowest BCUT2D eigenvalue weighted by Crippen LogP contribution is -2.44. The van der Waals surface area contributed by atoms with Crippen LogP contribution in [0.1, 0.15) is 48.2 Å². The molecule has 2 fully saturated rings. The second-order valence-corrected chi connectivity index (χ2v) is 8.11. The fourth-order valence-corrected chi connectivity index (χ4v) is 5.05. The number of anilines is 1. The van der Waals surface area contributed by atoms with Gasteiger partial charge in [-0.05, 0) is 31.1 Å². The SMILES string of the molecule is O=C1NCCc2c1nc(-c1ccccc1)nc2N1CC[C@@H]2CCCC[C@H]2C1. The van der Waals surface area contributed by atoms with E-state index in [9.17, 15) is 4.79 Å². The van der Waals surface area contributed by atoms with Crippen LogP contribution in [0.4, 0.5) is 5.82 Å². The topological polar surface area (TPSA) is 58.1 Å². The van der Waals surface area contributed by atoms with Crippen molar-refractivity contribution in [3.8, 4) is 11.4 Å². The average Bonchev–Trinajstić information content (AvgIpc) is 2.74. The van der Waals surface area contributed by atoms with Crippen molar-refractivity contribution in [1.82, 2.24) is 15.3 Å². The summed E-state index contributed by atoms with van der Waals surface area (Å²) in [6.07, 6.45) is 7.53. The number of hydrogen-bond acceptors (Lipinski definition) is 4. The van der Waals surface area contributed by atoms with Crippen molar-refractivity contribution in [2.45, 2.75) is 38.5 Å². The Balaban J connectivity index is 1.56. The molecule has 1 aromatic heterocycles. The first-order chi connectivity index (χ1) is 13.3. The summed E-state index contributed by atoms with van der Waals surface area (Å²) < 4.78 is 0. The van der Waals surface area contributed by atoms with E-state index in [4.69, 9.17) is 4.98 Å². The van der Waals surface area contributed by atoms with Gasteiger partial charge in [0.2, 0.25) is 0 Å². The highest BCUT2D eigenvalue weighted by Gasteiger charge is 2.34. The number of nitrogens with zero attached hydrogens (tertiary/aromatic N) is 3. The molecule has 5 nitrogen and oxygen atoms in total. The monoisotopic (exact) mass is 362 g/mol. The van der Waals surface area contributed by atoms with E-state index in [1.54, 1.807) is 0 Å². The quantitative estimate of drug-likeness (QED) is 0.889. The largest absolute Gasteiger partial charge is 0.356 e. The summed E-state index contributed by atoms with van der Waals surface area (Å²) in [7, 11) is 0. The van der Waals surface area contributed by atoms with Gasteiger partial charge in [-0.25, -0.2) is 9.97 Å². The third-order valence-corrected chi connectivity index (χ3v) is 6.48. The standard InChI is InChI=1S/C22H26N4O/c27-22-19-18(10-12-23-22)21(25-20(24-19)16-7-2-1-3-8-16)26-13-11-15-6-4-5-9-17(15)14-26/h1-3,7-8,15,17H,4-6,9-14H2,(H,23,27)/t15-,17-/m0/s1. The van der Waals surface area contributed by atoms with Crippen LogP contribution in [0.15, 0.2) is 30.3 Å². The smallest absolute Gasteiger partial charge is 0.270 e. The fraction of sp³-hybridized carbons (Fsp3) is 0.500. The molecule has 2 atom stereocenters. The Morgan fingerprint density at radius 3 is 2.67 bits per heavy atom. The van der Waals surface area contributed by atoms with Crippen LogP contribution in [0.25, 0.3) is 11.4 Å².